The molecular formula is C25H25F2NO2. The maximum absolute atomic E-state index is 14.5. The summed E-state index contributed by atoms with van der Waals surface area (Å²) in [7, 11) is 0. The molecule has 0 aliphatic carbocycles. The molecule has 4 rings (SSSR count). The van der Waals surface area contributed by atoms with Crippen molar-refractivity contribution in [1.29, 1.82) is 0 Å². The van der Waals surface area contributed by atoms with Gasteiger partial charge >= 0.3 is 0 Å². The molecule has 0 aromatic heterocycles. The molecule has 1 fully saturated rings. The fraction of sp³-hybridized carbons (Fsp3) is 0.280. The van der Waals surface area contributed by atoms with Crippen LogP contribution in [0.15, 0.2) is 72.8 Å². The number of morpholine rings is 1. The Morgan fingerprint density at radius 2 is 1.73 bits per heavy atom. The van der Waals surface area contributed by atoms with Gasteiger partial charge in [0.2, 0.25) is 0 Å². The molecule has 1 heterocycles. The van der Waals surface area contributed by atoms with Gasteiger partial charge in [-0.1, -0.05) is 54.6 Å². The van der Waals surface area contributed by atoms with E-state index in [-0.39, 0.29) is 5.56 Å². The van der Waals surface area contributed by atoms with Gasteiger partial charge in [0.15, 0.2) is 0 Å². The van der Waals surface area contributed by atoms with E-state index in [1.54, 1.807) is 31.2 Å². The van der Waals surface area contributed by atoms with E-state index in [4.69, 9.17) is 4.74 Å². The predicted octanol–water partition coefficient (Wildman–Crippen LogP) is 4.74. The molecule has 2 unspecified atom stereocenters. The number of benzene rings is 3. The second kappa shape index (κ2) is 8.64. The van der Waals surface area contributed by atoms with Gasteiger partial charge in [-0.2, -0.15) is 0 Å². The molecule has 3 nitrogen and oxygen atoms in total. The lowest BCUT2D eigenvalue weighted by atomic mass is 9.83. The SMILES string of the molecule is CC(O)(c1ccccc1-c1ccc(F)cc1F)C1CN(Cc2ccccc2)CCO1. The van der Waals surface area contributed by atoms with Crippen molar-refractivity contribution in [2.45, 2.75) is 25.2 Å². The van der Waals surface area contributed by atoms with E-state index in [0.717, 1.165) is 19.2 Å². The van der Waals surface area contributed by atoms with Crippen molar-refractivity contribution in [2.24, 2.45) is 0 Å². The maximum atomic E-state index is 14.5. The van der Waals surface area contributed by atoms with Gasteiger partial charge in [0, 0.05) is 31.3 Å². The quantitative estimate of drug-likeness (QED) is 0.661. The first-order chi connectivity index (χ1) is 14.4. The predicted molar refractivity (Wildman–Crippen MR) is 113 cm³/mol. The van der Waals surface area contributed by atoms with Crippen LogP contribution in [-0.2, 0) is 16.9 Å². The van der Waals surface area contributed by atoms with Crippen LogP contribution in [0.5, 0.6) is 0 Å². The van der Waals surface area contributed by atoms with Gasteiger partial charge in [0.1, 0.15) is 23.3 Å². The third-order valence-corrected chi connectivity index (χ3v) is 5.72. The van der Waals surface area contributed by atoms with Gasteiger partial charge < -0.3 is 9.84 Å². The fourth-order valence-electron chi connectivity index (χ4n) is 4.07. The van der Waals surface area contributed by atoms with Gasteiger partial charge in [-0.25, -0.2) is 8.78 Å². The normalized spacial score (nSPS) is 19.4. The molecule has 1 saturated heterocycles. The van der Waals surface area contributed by atoms with Gasteiger partial charge in [0.25, 0.3) is 0 Å². The largest absolute Gasteiger partial charge is 0.383 e. The lowest BCUT2D eigenvalue weighted by molar-refractivity contribution is -0.141. The number of hydrogen-bond donors (Lipinski definition) is 1. The van der Waals surface area contributed by atoms with Crippen molar-refractivity contribution in [3.63, 3.8) is 0 Å². The molecule has 3 aromatic carbocycles. The van der Waals surface area contributed by atoms with Crippen LogP contribution >= 0.6 is 0 Å². The van der Waals surface area contributed by atoms with Crippen LogP contribution in [0.4, 0.5) is 8.78 Å². The average Bonchev–Trinajstić information content (AvgIpc) is 2.75. The van der Waals surface area contributed by atoms with Gasteiger partial charge in [-0.05, 0) is 35.7 Å². The van der Waals surface area contributed by atoms with Crippen molar-refractivity contribution < 1.29 is 18.6 Å². The zero-order valence-corrected chi connectivity index (χ0v) is 16.9. The van der Waals surface area contributed by atoms with E-state index in [1.807, 2.05) is 18.2 Å². The van der Waals surface area contributed by atoms with E-state index in [1.165, 1.54) is 17.7 Å². The number of hydrogen-bond acceptors (Lipinski definition) is 3. The fourth-order valence-corrected chi connectivity index (χ4v) is 4.07. The second-order valence-electron chi connectivity index (χ2n) is 7.90. The molecule has 1 aliphatic heterocycles. The average molecular weight is 409 g/mol. The van der Waals surface area contributed by atoms with Crippen molar-refractivity contribution in [3.8, 4) is 11.1 Å². The maximum Gasteiger partial charge on any atom is 0.133 e. The third kappa shape index (κ3) is 4.29. The third-order valence-electron chi connectivity index (χ3n) is 5.72. The van der Waals surface area contributed by atoms with Gasteiger partial charge in [0.05, 0.1) is 6.61 Å². The monoisotopic (exact) mass is 409 g/mol. The molecule has 1 N–H and O–H groups in total. The zero-order valence-electron chi connectivity index (χ0n) is 16.9. The molecule has 30 heavy (non-hydrogen) atoms. The van der Waals surface area contributed by atoms with E-state index in [0.29, 0.717) is 24.3 Å². The first-order valence-corrected chi connectivity index (χ1v) is 10.1. The van der Waals surface area contributed by atoms with Crippen LogP contribution in [0.2, 0.25) is 0 Å². The Bertz CT molecular complexity index is 1010. The molecule has 156 valence electrons. The van der Waals surface area contributed by atoms with E-state index in [2.05, 4.69) is 17.0 Å². The van der Waals surface area contributed by atoms with Crippen LogP contribution in [0.3, 0.4) is 0 Å². The molecule has 5 heteroatoms. The molecule has 0 radical (unpaired) electrons. The summed E-state index contributed by atoms with van der Waals surface area (Å²) in [5.74, 6) is -1.29. The number of ether oxygens (including phenoxy) is 1. The second-order valence-corrected chi connectivity index (χ2v) is 7.90. The van der Waals surface area contributed by atoms with Crippen molar-refractivity contribution in [2.75, 3.05) is 19.7 Å². The Hall–Kier alpha value is -2.60. The highest BCUT2D eigenvalue weighted by molar-refractivity contribution is 5.69. The molecule has 0 saturated carbocycles. The summed E-state index contributed by atoms with van der Waals surface area (Å²) < 4.78 is 33.8. The molecule has 2 atom stereocenters. The molecule has 0 amide bonds. The summed E-state index contributed by atoms with van der Waals surface area (Å²) >= 11 is 0. The number of halogens is 2. The minimum Gasteiger partial charge on any atom is -0.383 e. The highest BCUT2D eigenvalue weighted by atomic mass is 19.1. The smallest absolute Gasteiger partial charge is 0.133 e. The summed E-state index contributed by atoms with van der Waals surface area (Å²) in [4.78, 5) is 2.25. The van der Waals surface area contributed by atoms with Crippen LogP contribution in [0.1, 0.15) is 18.1 Å². The standard InChI is InChI=1S/C25H25F2NO2/c1-25(29,24-17-28(13-14-30-24)16-18-7-3-2-4-8-18)22-10-6-5-9-20(22)21-12-11-19(26)15-23(21)27/h2-12,15,24,29H,13-14,16-17H2,1H3. The Balaban J connectivity index is 1.62. The highest BCUT2D eigenvalue weighted by Crippen LogP contribution is 2.37. The van der Waals surface area contributed by atoms with Crippen molar-refractivity contribution in [3.05, 3.63) is 95.6 Å². The first kappa shape index (κ1) is 20.7. The van der Waals surface area contributed by atoms with Gasteiger partial charge in [-0.15, -0.1) is 0 Å². The van der Waals surface area contributed by atoms with Crippen LogP contribution in [-0.4, -0.2) is 35.8 Å². The Kier molecular flexibility index (Phi) is 5.95. The first-order valence-electron chi connectivity index (χ1n) is 10.1. The lowest BCUT2D eigenvalue weighted by Gasteiger charge is -2.41. The van der Waals surface area contributed by atoms with E-state index >= 15 is 0 Å². The van der Waals surface area contributed by atoms with Crippen LogP contribution < -0.4 is 0 Å². The highest BCUT2D eigenvalue weighted by Gasteiger charge is 2.39. The number of nitrogens with zero attached hydrogens (tertiary/aromatic N) is 1. The summed E-state index contributed by atoms with van der Waals surface area (Å²) in [5.41, 5.74) is 1.19. The Morgan fingerprint density at radius 1 is 1.00 bits per heavy atom. The Labute approximate surface area is 175 Å². The topological polar surface area (TPSA) is 32.7 Å². The Morgan fingerprint density at radius 3 is 2.50 bits per heavy atom. The molecular weight excluding hydrogens is 384 g/mol. The number of rotatable bonds is 5. The van der Waals surface area contributed by atoms with E-state index in [9.17, 15) is 13.9 Å². The van der Waals surface area contributed by atoms with Gasteiger partial charge in [-0.3, -0.25) is 4.90 Å². The summed E-state index contributed by atoms with van der Waals surface area (Å²) in [5, 5.41) is 11.5. The lowest BCUT2D eigenvalue weighted by Crippen LogP contribution is -2.51. The number of aliphatic hydroxyl groups is 1. The van der Waals surface area contributed by atoms with Crippen molar-refractivity contribution in [1.82, 2.24) is 4.90 Å². The van der Waals surface area contributed by atoms with Crippen molar-refractivity contribution >= 4 is 0 Å². The zero-order chi connectivity index (χ0) is 21.1. The van der Waals surface area contributed by atoms with Crippen LogP contribution in [0, 0.1) is 11.6 Å². The molecule has 3 aromatic rings. The summed E-state index contributed by atoms with van der Waals surface area (Å²) in [6.07, 6.45) is -0.486. The minimum atomic E-state index is -1.35. The molecule has 0 spiro atoms. The summed E-state index contributed by atoms with van der Waals surface area (Å²) in [6, 6.07) is 20.8. The molecule has 1 aliphatic rings. The molecule has 0 bridgehead atoms. The van der Waals surface area contributed by atoms with E-state index < -0.39 is 23.3 Å². The van der Waals surface area contributed by atoms with Crippen LogP contribution in [0.25, 0.3) is 11.1 Å². The summed E-state index contributed by atoms with van der Waals surface area (Å²) in [6.45, 7) is 4.29. The minimum absolute atomic E-state index is 0.254.